The van der Waals surface area contributed by atoms with Crippen LogP contribution < -0.4 is 0 Å². The Morgan fingerprint density at radius 2 is 1.25 bits per heavy atom. The van der Waals surface area contributed by atoms with Crippen molar-refractivity contribution in [3.63, 3.8) is 0 Å². The topological polar surface area (TPSA) is 91.7 Å². The van der Waals surface area contributed by atoms with E-state index in [4.69, 9.17) is 10.2 Å². The molecule has 0 aliphatic carbocycles. The molecule has 92 valence electrons. The van der Waals surface area contributed by atoms with Gasteiger partial charge < -0.3 is 10.2 Å². The van der Waals surface area contributed by atoms with Crippen LogP contribution in [-0.2, 0) is 14.4 Å². The molecule has 1 unspecified atom stereocenters. The van der Waals surface area contributed by atoms with Crippen molar-refractivity contribution < 1.29 is 24.6 Å². The summed E-state index contributed by atoms with van der Waals surface area (Å²) >= 11 is 0. The molecule has 0 aliphatic rings. The van der Waals surface area contributed by atoms with Crippen molar-refractivity contribution in [2.75, 3.05) is 18.5 Å². The molecule has 0 spiro atoms. The van der Waals surface area contributed by atoms with Gasteiger partial charge in [0, 0.05) is 19.3 Å². The molecular formula is C9H16O5P2. The summed E-state index contributed by atoms with van der Waals surface area (Å²) in [5.74, 6) is -1.75. The number of hydrogen-bond acceptors (Lipinski definition) is 3. The number of carbonyl (C=O) groups is 3. The molecule has 0 aromatic carbocycles. The van der Waals surface area contributed by atoms with Gasteiger partial charge >= 0.3 is 11.9 Å². The number of carbonyl (C=O) groups excluding carboxylic acids is 1. The third kappa shape index (κ3) is 10.0. The summed E-state index contributed by atoms with van der Waals surface area (Å²) in [5.41, 5.74) is -0.0156. The van der Waals surface area contributed by atoms with Crippen LogP contribution >= 0.6 is 17.2 Å². The van der Waals surface area contributed by atoms with E-state index in [0.29, 0.717) is 24.9 Å². The lowest BCUT2D eigenvalue weighted by atomic mass is 10.5. The van der Waals surface area contributed by atoms with Gasteiger partial charge in [-0.15, -0.1) is 7.92 Å². The molecular weight excluding hydrogens is 250 g/mol. The standard InChI is InChI=1S/C9H16O5P2/c10-7(11)1-4-16(5-2-8(12)13)6-3-9(14)15/h1-6,15H2,(H,10,11)(H,12,13). The normalized spacial score (nSPS) is 10.4. The molecule has 0 saturated carbocycles. The highest BCUT2D eigenvalue weighted by atomic mass is 31.1. The van der Waals surface area contributed by atoms with Crippen LogP contribution in [0.15, 0.2) is 0 Å². The van der Waals surface area contributed by atoms with Crippen molar-refractivity contribution in [3.8, 4) is 0 Å². The van der Waals surface area contributed by atoms with Gasteiger partial charge in [0.25, 0.3) is 0 Å². The van der Waals surface area contributed by atoms with Gasteiger partial charge in [0.15, 0.2) is 0 Å². The highest BCUT2D eigenvalue weighted by molar-refractivity contribution is 7.57. The van der Waals surface area contributed by atoms with Gasteiger partial charge in [-0.2, -0.15) is 0 Å². The van der Waals surface area contributed by atoms with E-state index < -0.39 is 19.9 Å². The molecule has 5 nitrogen and oxygen atoms in total. The van der Waals surface area contributed by atoms with Crippen LogP contribution in [0.5, 0.6) is 0 Å². The van der Waals surface area contributed by atoms with Gasteiger partial charge in [-0.3, -0.25) is 14.4 Å². The summed E-state index contributed by atoms with van der Waals surface area (Å²) in [6.07, 6.45) is 2.10. The fourth-order valence-electron chi connectivity index (χ4n) is 1.11. The van der Waals surface area contributed by atoms with Gasteiger partial charge in [0.2, 0.25) is 0 Å². The van der Waals surface area contributed by atoms with Gasteiger partial charge in [-0.25, -0.2) is 0 Å². The van der Waals surface area contributed by atoms with Crippen LogP contribution in [0.1, 0.15) is 19.3 Å². The van der Waals surface area contributed by atoms with Crippen molar-refractivity contribution in [1.29, 1.82) is 0 Å². The Balaban J connectivity index is 3.98. The second-order valence-corrected chi connectivity index (χ2v) is 6.67. The monoisotopic (exact) mass is 266 g/mol. The van der Waals surface area contributed by atoms with E-state index in [0.717, 1.165) is 0 Å². The molecule has 0 saturated heterocycles. The third-order valence-corrected chi connectivity index (χ3v) is 4.82. The Kier molecular flexibility index (Phi) is 8.32. The fourth-order valence-corrected chi connectivity index (χ4v) is 3.72. The van der Waals surface area contributed by atoms with E-state index >= 15 is 0 Å². The van der Waals surface area contributed by atoms with E-state index in [2.05, 4.69) is 9.24 Å². The summed E-state index contributed by atoms with van der Waals surface area (Å²) in [4.78, 5) is 31.6. The zero-order chi connectivity index (χ0) is 12.6. The minimum absolute atomic E-state index is 0.0156. The molecule has 0 bridgehead atoms. The Morgan fingerprint density at radius 3 is 1.56 bits per heavy atom. The van der Waals surface area contributed by atoms with Crippen LogP contribution in [0.4, 0.5) is 0 Å². The summed E-state index contributed by atoms with van der Waals surface area (Å²) in [7, 11) is 1.42. The summed E-state index contributed by atoms with van der Waals surface area (Å²) in [6.45, 7) is 0. The number of carboxylic acid groups (broad SMARTS) is 2. The summed E-state index contributed by atoms with van der Waals surface area (Å²) in [5, 5.41) is 17.1. The quantitative estimate of drug-likeness (QED) is 0.612. The summed E-state index contributed by atoms with van der Waals surface area (Å²) in [6, 6.07) is 0. The van der Waals surface area contributed by atoms with Crippen LogP contribution in [-0.4, -0.2) is 46.2 Å². The minimum atomic E-state index is -0.875. The van der Waals surface area contributed by atoms with Crippen molar-refractivity contribution in [2.45, 2.75) is 19.3 Å². The average molecular weight is 266 g/mol. The second-order valence-electron chi connectivity index (χ2n) is 3.35. The van der Waals surface area contributed by atoms with E-state index in [1.54, 1.807) is 0 Å². The fraction of sp³-hybridized carbons (Fsp3) is 0.667. The number of aliphatic carboxylic acids is 2. The zero-order valence-electron chi connectivity index (χ0n) is 8.89. The van der Waals surface area contributed by atoms with Gasteiger partial charge in [-0.05, 0) is 18.5 Å². The van der Waals surface area contributed by atoms with Crippen LogP contribution in [0.25, 0.3) is 0 Å². The third-order valence-electron chi connectivity index (χ3n) is 1.96. The maximum atomic E-state index is 10.8. The molecule has 0 rings (SSSR count). The van der Waals surface area contributed by atoms with E-state index in [1.807, 2.05) is 0 Å². The average Bonchev–Trinajstić information content (AvgIpc) is 2.15. The lowest BCUT2D eigenvalue weighted by molar-refractivity contribution is -0.137. The molecule has 0 aromatic heterocycles. The molecule has 0 radical (unpaired) electrons. The first-order valence-electron chi connectivity index (χ1n) is 4.86. The van der Waals surface area contributed by atoms with Gasteiger partial charge in [-0.1, -0.05) is 9.24 Å². The van der Waals surface area contributed by atoms with Gasteiger partial charge in [0.1, 0.15) is 5.52 Å². The molecule has 0 aromatic rings. The van der Waals surface area contributed by atoms with E-state index in [1.165, 1.54) is 0 Å². The number of carboxylic acids is 2. The SMILES string of the molecule is O=C(O)CCP(CCC(=O)O)CCC(=O)P. The first-order chi connectivity index (χ1) is 7.41. The maximum Gasteiger partial charge on any atom is 0.303 e. The molecule has 7 heteroatoms. The van der Waals surface area contributed by atoms with Crippen molar-refractivity contribution >= 4 is 34.6 Å². The van der Waals surface area contributed by atoms with Crippen molar-refractivity contribution in [2.24, 2.45) is 0 Å². The van der Waals surface area contributed by atoms with Gasteiger partial charge in [0.05, 0.1) is 0 Å². The Hall–Kier alpha value is -0.530. The molecule has 1 atom stereocenters. The van der Waals surface area contributed by atoms with Crippen molar-refractivity contribution in [1.82, 2.24) is 0 Å². The van der Waals surface area contributed by atoms with E-state index in [9.17, 15) is 14.4 Å². The number of hydrogen-bond donors (Lipinski definition) is 2. The Morgan fingerprint density at radius 1 is 0.875 bits per heavy atom. The smallest absolute Gasteiger partial charge is 0.303 e. The first kappa shape index (κ1) is 15.5. The van der Waals surface area contributed by atoms with Crippen LogP contribution in [0.3, 0.4) is 0 Å². The lowest BCUT2D eigenvalue weighted by Gasteiger charge is -2.14. The largest absolute Gasteiger partial charge is 0.481 e. The number of rotatable bonds is 9. The van der Waals surface area contributed by atoms with Crippen LogP contribution in [0, 0.1) is 0 Å². The minimum Gasteiger partial charge on any atom is -0.481 e. The molecule has 0 fully saturated rings. The molecule has 0 amide bonds. The lowest BCUT2D eigenvalue weighted by Crippen LogP contribution is -2.06. The first-order valence-corrected chi connectivity index (χ1v) is 7.33. The Bertz CT molecular complexity index is 224. The maximum absolute atomic E-state index is 10.8. The second kappa shape index (κ2) is 8.60. The van der Waals surface area contributed by atoms with Crippen LogP contribution in [0.2, 0.25) is 0 Å². The van der Waals surface area contributed by atoms with E-state index in [-0.39, 0.29) is 18.4 Å². The molecule has 0 aliphatic heterocycles. The van der Waals surface area contributed by atoms with Crippen molar-refractivity contribution in [3.05, 3.63) is 0 Å². The molecule has 2 N–H and O–H groups in total. The predicted molar refractivity (Wildman–Crippen MR) is 65.4 cm³/mol. The molecule has 16 heavy (non-hydrogen) atoms. The highest BCUT2D eigenvalue weighted by Crippen LogP contribution is 2.37. The highest BCUT2D eigenvalue weighted by Gasteiger charge is 2.12. The molecule has 0 heterocycles. The predicted octanol–water partition coefficient (Wildman–Crippen LogP) is 1.21. The summed E-state index contributed by atoms with van der Waals surface area (Å²) < 4.78 is 0. The zero-order valence-corrected chi connectivity index (χ0v) is 10.9. The Labute approximate surface area is 97.6 Å².